The number of carbonyl (C=O) groups is 1. The van der Waals surface area contributed by atoms with Gasteiger partial charge in [0, 0.05) is 18.8 Å². The minimum absolute atomic E-state index is 0.191. The van der Waals surface area contributed by atoms with E-state index in [0.717, 1.165) is 31.5 Å². The topological polar surface area (TPSA) is 78.5 Å². The first-order valence-electron chi connectivity index (χ1n) is 9.16. The molecule has 0 saturated carbocycles. The van der Waals surface area contributed by atoms with Gasteiger partial charge in [0.2, 0.25) is 10.0 Å². The smallest absolute Gasteiger partial charge is 0.253 e. The number of hydrogen-bond acceptors (Lipinski definition) is 4. The van der Waals surface area contributed by atoms with Crippen LogP contribution in [-0.2, 0) is 23.1 Å². The Morgan fingerprint density at radius 1 is 1.11 bits per heavy atom. The number of sulfonamides is 1. The summed E-state index contributed by atoms with van der Waals surface area (Å²) in [6.45, 7) is 3.52. The minimum Gasteiger partial charge on any atom is -0.348 e. The second-order valence-electron chi connectivity index (χ2n) is 7.00. The van der Waals surface area contributed by atoms with Gasteiger partial charge in [-0.15, -0.1) is 0 Å². The van der Waals surface area contributed by atoms with E-state index in [2.05, 4.69) is 21.0 Å². The maximum atomic E-state index is 12.5. The Balaban J connectivity index is 1.66. The third kappa shape index (κ3) is 5.70. The number of nitrogens with zero attached hydrogens (tertiary/aromatic N) is 1. The molecule has 8 heteroatoms. The quantitative estimate of drug-likeness (QED) is 0.719. The van der Waals surface area contributed by atoms with E-state index in [1.807, 2.05) is 18.2 Å². The molecule has 3 rings (SSSR count). The Kier molecular flexibility index (Phi) is 6.59. The van der Waals surface area contributed by atoms with Crippen molar-refractivity contribution in [1.29, 1.82) is 0 Å². The molecule has 0 radical (unpaired) electrons. The van der Waals surface area contributed by atoms with Crippen LogP contribution >= 0.6 is 11.6 Å². The van der Waals surface area contributed by atoms with E-state index in [-0.39, 0.29) is 10.9 Å². The van der Waals surface area contributed by atoms with E-state index in [1.165, 1.54) is 36.6 Å². The molecule has 1 aliphatic rings. The summed E-state index contributed by atoms with van der Waals surface area (Å²) in [5.41, 5.74) is 2.91. The Labute approximate surface area is 170 Å². The van der Waals surface area contributed by atoms with E-state index >= 15 is 0 Å². The van der Waals surface area contributed by atoms with Crippen molar-refractivity contribution in [3.05, 3.63) is 64.2 Å². The lowest BCUT2D eigenvalue weighted by Gasteiger charge is -2.18. The molecular formula is C20H24ClN3O3S. The molecule has 0 aromatic heterocycles. The number of likely N-dealkylation sites (tertiary alicyclic amines) is 1. The number of hydrogen-bond donors (Lipinski definition) is 2. The molecule has 0 bridgehead atoms. The zero-order valence-electron chi connectivity index (χ0n) is 15.7. The summed E-state index contributed by atoms with van der Waals surface area (Å²) >= 11 is 6.18. The average Bonchev–Trinajstić information content (AvgIpc) is 3.12. The van der Waals surface area contributed by atoms with Gasteiger partial charge in [0.25, 0.3) is 5.91 Å². The zero-order chi connectivity index (χ0) is 20.1. The summed E-state index contributed by atoms with van der Waals surface area (Å²) in [7, 11) is -3.40. The Morgan fingerprint density at radius 3 is 2.43 bits per heavy atom. The summed E-state index contributed by atoms with van der Waals surface area (Å²) < 4.78 is 25.0. The third-order valence-electron chi connectivity index (χ3n) is 4.67. The highest BCUT2D eigenvalue weighted by atomic mass is 35.5. The molecule has 0 atom stereocenters. The first-order chi connectivity index (χ1) is 13.3. The molecular weight excluding hydrogens is 398 g/mol. The molecule has 2 aromatic rings. The molecule has 2 N–H and O–H groups in total. The van der Waals surface area contributed by atoms with Gasteiger partial charge >= 0.3 is 0 Å². The van der Waals surface area contributed by atoms with Crippen molar-refractivity contribution in [3.63, 3.8) is 0 Å². The van der Waals surface area contributed by atoms with Crippen LogP contribution in [0.15, 0.2) is 42.5 Å². The first kappa shape index (κ1) is 20.6. The lowest BCUT2D eigenvalue weighted by atomic mass is 10.1. The molecule has 1 heterocycles. The molecule has 6 nitrogen and oxygen atoms in total. The lowest BCUT2D eigenvalue weighted by molar-refractivity contribution is 0.0951. The van der Waals surface area contributed by atoms with Crippen LogP contribution < -0.4 is 10.0 Å². The Morgan fingerprint density at radius 2 is 1.79 bits per heavy atom. The Hall–Kier alpha value is -2.09. The fraction of sp³-hybridized carbons (Fsp3) is 0.350. The predicted octanol–water partition coefficient (Wildman–Crippen LogP) is 3.24. The van der Waals surface area contributed by atoms with Crippen LogP contribution in [0, 0.1) is 0 Å². The maximum absolute atomic E-state index is 12.5. The minimum atomic E-state index is -3.40. The van der Waals surface area contributed by atoms with Crippen molar-refractivity contribution >= 4 is 33.2 Å². The molecule has 1 fully saturated rings. The number of benzene rings is 2. The van der Waals surface area contributed by atoms with Gasteiger partial charge in [-0.1, -0.05) is 35.9 Å². The maximum Gasteiger partial charge on any atom is 0.253 e. The van der Waals surface area contributed by atoms with E-state index in [1.54, 1.807) is 0 Å². The third-order valence-corrected chi connectivity index (χ3v) is 5.59. The highest BCUT2D eigenvalue weighted by Crippen LogP contribution is 2.22. The second kappa shape index (κ2) is 8.94. The molecule has 2 aromatic carbocycles. The number of amides is 1. The summed E-state index contributed by atoms with van der Waals surface area (Å²) in [6, 6.07) is 12.6. The summed E-state index contributed by atoms with van der Waals surface area (Å²) in [4.78, 5) is 15.0. The van der Waals surface area contributed by atoms with Crippen molar-refractivity contribution in [2.75, 3.05) is 24.1 Å². The van der Waals surface area contributed by atoms with Gasteiger partial charge in [-0.25, -0.2) is 8.42 Å². The molecule has 1 amide bonds. The van der Waals surface area contributed by atoms with Gasteiger partial charge in [0.15, 0.2) is 0 Å². The van der Waals surface area contributed by atoms with E-state index < -0.39 is 10.0 Å². The number of anilines is 1. The predicted molar refractivity (Wildman–Crippen MR) is 112 cm³/mol. The number of halogens is 1. The van der Waals surface area contributed by atoms with Gasteiger partial charge in [0.1, 0.15) is 0 Å². The van der Waals surface area contributed by atoms with Gasteiger partial charge in [-0.05, 0) is 55.3 Å². The highest BCUT2D eigenvalue weighted by molar-refractivity contribution is 7.92. The largest absolute Gasteiger partial charge is 0.348 e. The second-order valence-corrected chi connectivity index (χ2v) is 9.16. The number of nitrogens with one attached hydrogen (secondary N) is 2. The van der Waals surface area contributed by atoms with E-state index in [4.69, 9.17) is 11.6 Å². The van der Waals surface area contributed by atoms with Crippen LogP contribution in [0.3, 0.4) is 0 Å². The Bertz CT molecular complexity index is 957. The van der Waals surface area contributed by atoms with Crippen LogP contribution in [0.25, 0.3) is 0 Å². The SMILES string of the molecule is CS(=O)(=O)Nc1ccc(C(=O)NCc2ccccc2CN2CCCC2)c(Cl)c1. The molecule has 1 saturated heterocycles. The van der Waals surface area contributed by atoms with Crippen molar-refractivity contribution in [1.82, 2.24) is 10.2 Å². The molecule has 0 unspecified atom stereocenters. The van der Waals surface area contributed by atoms with E-state index in [9.17, 15) is 13.2 Å². The van der Waals surface area contributed by atoms with Gasteiger partial charge in [-0.3, -0.25) is 14.4 Å². The standard InChI is InChI=1S/C20H24ClN3O3S/c1-28(26,27)23-17-8-9-18(19(21)12-17)20(25)22-13-15-6-2-3-7-16(15)14-24-10-4-5-11-24/h2-3,6-9,12,23H,4-5,10-11,13-14H2,1H3,(H,22,25). The van der Waals surface area contributed by atoms with Crippen LogP contribution in [0.1, 0.15) is 34.3 Å². The summed E-state index contributed by atoms with van der Waals surface area (Å²) in [6.07, 6.45) is 3.53. The van der Waals surface area contributed by atoms with Crippen molar-refractivity contribution in [2.24, 2.45) is 0 Å². The average molecular weight is 422 g/mol. The number of rotatable bonds is 7. The molecule has 150 valence electrons. The monoisotopic (exact) mass is 421 g/mol. The van der Waals surface area contributed by atoms with Gasteiger partial charge in [-0.2, -0.15) is 0 Å². The summed E-state index contributed by atoms with van der Waals surface area (Å²) in [5.74, 6) is -0.299. The number of carbonyl (C=O) groups excluding carboxylic acids is 1. The van der Waals surface area contributed by atoms with Crippen LogP contribution in [0.5, 0.6) is 0 Å². The van der Waals surface area contributed by atoms with Crippen LogP contribution in [0.4, 0.5) is 5.69 Å². The molecule has 0 spiro atoms. The molecule has 0 aliphatic carbocycles. The van der Waals surface area contributed by atoms with Crippen molar-refractivity contribution in [2.45, 2.75) is 25.9 Å². The summed E-state index contributed by atoms with van der Waals surface area (Å²) in [5, 5.41) is 3.10. The van der Waals surface area contributed by atoms with Crippen molar-refractivity contribution in [3.8, 4) is 0 Å². The fourth-order valence-electron chi connectivity index (χ4n) is 3.31. The van der Waals surface area contributed by atoms with E-state index in [0.29, 0.717) is 17.8 Å². The van der Waals surface area contributed by atoms with Gasteiger partial charge in [0.05, 0.1) is 16.8 Å². The fourth-order valence-corrected chi connectivity index (χ4v) is 4.13. The van der Waals surface area contributed by atoms with Crippen LogP contribution in [-0.4, -0.2) is 38.6 Å². The first-order valence-corrected chi connectivity index (χ1v) is 11.4. The highest BCUT2D eigenvalue weighted by Gasteiger charge is 2.15. The normalized spacial score (nSPS) is 14.8. The van der Waals surface area contributed by atoms with Crippen LogP contribution in [0.2, 0.25) is 5.02 Å². The molecule has 28 heavy (non-hydrogen) atoms. The molecule has 1 aliphatic heterocycles. The van der Waals surface area contributed by atoms with Gasteiger partial charge < -0.3 is 5.32 Å². The van der Waals surface area contributed by atoms with Crippen molar-refractivity contribution < 1.29 is 13.2 Å². The lowest BCUT2D eigenvalue weighted by Crippen LogP contribution is -2.25. The zero-order valence-corrected chi connectivity index (χ0v) is 17.3.